The molecule has 2 heterocycles. The first-order valence-electron chi connectivity index (χ1n) is 8.28. The molecular formula is C16H25N5O2. The monoisotopic (exact) mass is 319 g/mol. The Morgan fingerprint density at radius 1 is 1.17 bits per heavy atom. The molecule has 7 nitrogen and oxygen atoms in total. The van der Waals surface area contributed by atoms with Gasteiger partial charge in [0.05, 0.1) is 6.10 Å². The first-order chi connectivity index (χ1) is 11.1. The Labute approximate surface area is 136 Å². The second-order valence-electron chi connectivity index (χ2n) is 6.56. The summed E-state index contributed by atoms with van der Waals surface area (Å²) in [6.45, 7) is 2.99. The molecule has 23 heavy (non-hydrogen) atoms. The first kappa shape index (κ1) is 16.1. The molecular weight excluding hydrogens is 294 g/mol. The van der Waals surface area contributed by atoms with Gasteiger partial charge in [-0.05, 0) is 31.4 Å². The Balaban J connectivity index is 1.57. The van der Waals surface area contributed by atoms with Crippen LogP contribution in [0.25, 0.3) is 0 Å². The van der Waals surface area contributed by atoms with Crippen LogP contribution in [0.2, 0.25) is 0 Å². The molecule has 2 fully saturated rings. The highest BCUT2D eigenvalue weighted by atomic mass is 16.3. The van der Waals surface area contributed by atoms with Crippen LogP contribution in [0.1, 0.15) is 29.8 Å². The van der Waals surface area contributed by atoms with Crippen molar-refractivity contribution >= 4 is 11.7 Å². The van der Waals surface area contributed by atoms with Crippen LogP contribution in [0.5, 0.6) is 0 Å². The molecule has 1 N–H and O–H groups in total. The van der Waals surface area contributed by atoms with Crippen LogP contribution in [0.15, 0.2) is 12.1 Å². The maximum Gasteiger partial charge on any atom is 0.274 e. The van der Waals surface area contributed by atoms with Crippen molar-refractivity contribution in [2.45, 2.75) is 31.4 Å². The molecule has 1 saturated heterocycles. The Morgan fingerprint density at radius 2 is 1.91 bits per heavy atom. The quantitative estimate of drug-likeness (QED) is 0.859. The number of rotatable bonds is 3. The third kappa shape index (κ3) is 3.45. The highest BCUT2D eigenvalue weighted by Crippen LogP contribution is 2.25. The number of hydrogen-bond acceptors (Lipinski definition) is 6. The average molecular weight is 319 g/mol. The molecule has 126 valence electrons. The summed E-state index contributed by atoms with van der Waals surface area (Å²) in [7, 11) is 3.78. The minimum absolute atomic E-state index is 0.0607. The van der Waals surface area contributed by atoms with Crippen LogP contribution in [-0.4, -0.2) is 83.4 Å². The topological polar surface area (TPSA) is 72.8 Å². The van der Waals surface area contributed by atoms with Gasteiger partial charge in [-0.3, -0.25) is 9.69 Å². The molecule has 2 aliphatic rings. The number of aliphatic hydroxyl groups excluding tert-OH is 1. The van der Waals surface area contributed by atoms with Gasteiger partial charge in [-0.2, -0.15) is 0 Å². The first-order valence-corrected chi connectivity index (χ1v) is 8.28. The maximum absolute atomic E-state index is 12.5. The van der Waals surface area contributed by atoms with Crippen molar-refractivity contribution in [1.82, 2.24) is 20.0 Å². The zero-order valence-corrected chi connectivity index (χ0v) is 13.9. The molecule has 1 amide bonds. The molecule has 7 heteroatoms. The van der Waals surface area contributed by atoms with Gasteiger partial charge in [0.2, 0.25) is 0 Å². The Bertz CT molecular complexity index is 540. The normalized spacial score (nSPS) is 25.6. The van der Waals surface area contributed by atoms with E-state index in [4.69, 9.17) is 0 Å². The lowest BCUT2D eigenvalue weighted by Gasteiger charge is -2.38. The van der Waals surface area contributed by atoms with Crippen LogP contribution in [-0.2, 0) is 0 Å². The van der Waals surface area contributed by atoms with E-state index < -0.39 is 0 Å². The lowest BCUT2D eigenvalue weighted by Crippen LogP contribution is -2.53. The van der Waals surface area contributed by atoms with Crippen LogP contribution < -0.4 is 4.90 Å². The number of amides is 1. The molecule has 1 aliphatic heterocycles. The van der Waals surface area contributed by atoms with Crippen molar-refractivity contribution in [1.29, 1.82) is 0 Å². The number of nitrogens with zero attached hydrogens (tertiary/aromatic N) is 5. The van der Waals surface area contributed by atoms with E-state index in [9.17, 15) is 9.90 Å². The van der Waals surface area contributed by atoms with Crippen LogP contribution in [0.4, 0.5) is 5.82 Å². The Hall–Kier alpha value is -1.73. The molecule has 1 aliphatic carbocycles. The predicted octanol–water partition coefficient (Wildman–Crippen LogP) is 0.214. The van der Waals surface area contributed by atoms with E-state index in [1.54, 1.807) is 6.07 Å². The van der Waals surface area contributed by atoms with E-state index in [1.807, 2.05) is 30.0 Å². The summed E-state index contributed by atoms with van der Waals surface area (Å²) in [5.74, 6) is 0.677. The molecule has 1 aromatic rings. The van der Waals surface area contributed by atoms with Crippen molar-refractivity contribution in [2.24, 2.45) is 0 Å². The largest absolute Gasteiger partial charge is 0.391 e. The van der Waals surface area contributed by atoms with Crippen molar-refractivity contribution in [3.63, 3.8) is 0 Å². The summed E-state index contributed by atoms with van der Waals surface area (Å²) in [5.41, 5.74) is 0.393. The summed E-state index contributed by atoms with van der Waals surface area (Å²) < 4.78 is 0. The minimum atomic E-state index is -0.207. The third-order valence-electron chi connectivity index (χ3n) is 4.84. The maximum atomic E-state index is 12.5. The van der Waals surface area contributed by atoms with Gasteiger partial charge < -0.3 is 14.9 Å². The molecule has 0 aromatic carbocycles. The van der Waals surface area contributed by atoms with E-state index in [-0.39, 0.29) is 18.1 Å². The van der Waals surface area contributed by atoms with Gasteiger partial charge in [-0.25, -0.2) is 0 Å². The Morgan fingerprint density at radius 3 is 2.43 bits per heavy atom. The number of piperazine rings is 1. The summed E-state index contributed by atoms with van der Waals surface area (Å²) in [4.78, 5) is 18.5. The SMILES string of the molecule is CN(C)c1ccc(C(=O)N2CCN(C3CCCC3O)CC2)nn1. The van der Waals surface area contributed by atoms with Crippen molar-refractivity contribution in [2.75, 3.05) is 45.2 Å². The molecule has 2 unspecified atom stereocenters. The molecule has 3 rings (SSSR count). The lowest BCUT2D eigenvalue weighted by atomic mass is 10.1. The highest BCUT2D eigenvalue weighted by molar-refractivity contribution is 5.92. The zero-order chi connectivity index (χ0) is 16.4. The third-order valence-corrected chi connectivity index (χ3v) is 4.84. The number of anilines is 1. The molecule has 0 spiro atoms. The summed E-state index contributed by atoms with van der Waals surface area (Å²) >= 11 is 0. The van der Waals surface area contributed by atoms with Gasteiger partial charge in [0.1, 0.15) is 0 Å². The smallest absolute Gasteiger partial charge is 0.274 e. The molecule has 0 bridgehead atoms. The number of aromatic nitrogens is 2. The van der Waals surface area contributed by atoms with Gasteiger partial charge in [0.15, 0.2) is 11.5 Å². The number of carbonyl (C=O) groups excluding carboxylic acids is 1. The number of aliphatic hydroxyl groups is 1. The molecule has 2 atom stereocenters. The molecule has 1 saturated carbocycles. The van der Waals surface area contributed by atoms with E-state index in [1.165, 1.54) is 0 Å². The number of hydrogen-bond donors (Lipinski definition) is 1. The van der Waals surface area contributed by atoms with Crippen LogP contribution in [0, 0.1) is 0 Å². The second-order valence-corrected chi connectivity index (χ2v) is 6.56. The molecule has 1 aromatic heterocycles. The summed E-state index contributed by atoms with van der Waals surface area (Å²) in [6.07, 6.45) is 2.85. The van der Waals surface area contributed by atoms with Gasteiger partial charge in [0, 0.05) is 46.3 Å². The van der Waals surface area contributed by atoms with Crippen LogP contribution >= 0.6 is 0 Å². The predicted molar refractivity (Wildman–Crippen MR) is 87.5 cm³/mol. The van der Waals surface area contributed by atoms with Crippen molar-refractivity contribution in [3.05, 3.63) is 17.8 Å². The highest BCUT2D eigenvalue weighted by Gasteiger charge is 2.33. The van der Waals surface area contributed by atoms with E-state index in [0.717, 1.165) is 38.2 Å². The van der Waals surface area contributed by atoms with Gasteiger partial charge in [-0.1, -0.05) is 0 Å². The van der Waals surface area contributed by atoms with Crippen molar-refractivity contribution < 1.29 is 9.90 Å². The van der Waals surface area contributed by atoms with Crippen molar-refractivity contribution in [3.8, 4) is 0 Å². The van der Waals surface area contributed by atoms with Gasteiger partial charge in [-0.15, -0.1) is 10.2 Å². The fraction of sp³-hybridized carbons (Fsp3) is 0.688. The summed E-state index contributed by atoms with van der Waals surface area (Å²) in [5, 5.41) is 18.1. The average Bonchev–Trinajstić information content (AvgIpc) is 3.00. The minimum Gasteiger partial charge on any atom is -0.391 e. The van der Waals surface area contributed by atoms with Crippen LogP contribution in [0.3, 0.4) is 0 Å². The standard InChI is InChI=1S/C16H25N5O2/c1-19(2)15-7-6-12(17-18-15)16(23)21-10-8-20(9-11-21)13-4-3-5-14(13)22/h6-7,13-14,22H,3-5,8-11H2,1-2H3. The van der Waals surface area contributed by atoms with E-state index >= 15 is 0 Å². The lowest BCUT2D eigenvalue weighted by molar-refractivity contribution is 0.0312. The summed E-state index contributed by atoms with van der Waals surface area (Å²) in [6, 6.07) is 3.81. The fourth-order valence-corrected chi connectivity index (χ4v) is 3.44. The van der Waals surface area contributed by atoms with Gasteiger partial charge in [0.25, 0.3) is 5.91 Å². The number of carbonyl (C=O) groups is 1. The van der Waals surface area contributed by atoms with E-state index in [2.05, 4.69) is 15.1 Å². The van der Waals surface area contributed by atoms with Gasteiger partial charge >= 0.3 is 0 Å². The Kier molecular flexibility index (Phi) is 4.77. The molecule has 0 radical (unpaired) electrons. The van der Waals surface area contributed by atoms with E-state index in [0.29, 0.717) is 18.8 Å². The second kappa shape index (κ2) is 6.80. The zero-order valence-electron chi connectivity index (χ0n) is 13.9. The fourth-order valence-electron chi connectivity index (χ4n) is 3.44.